The number of nitro benzene ring substituents is 1. The Labute approximate surface area is 201 Å². The maximum absolute atomic E-state index is 12.3. The SMILES string of the molecule is COc1cc2ncnc(Oc3ccc(NC(=O)NCCN4CCCC4)c([N+](=O)[O-])c3)c2cc1OC. The summed E-state index contributed by atoms with van der Waals surface area (Å²) in [6.45, 7) is 3.25. The van der Waals surface area contributed by atoms with Gasteiger partial charge in [-0.3, -0.25) is 10.1 Å². The predicted octanol–water partition coefficient (Wildman–Crippen LogP) is 3.56. The molecule has 12 heteroatoms. The number of nitrogens with zero attached hydrogens (tertiary/aromatic N) is 4. The normalized spacial score (nSPS) is 13.4. The lowest BCUT2D eigenvalue weighted by Crippen LogP contribution is -2.36. The van der Waals surface area contributed by atoms with Crippen LogP contribution >= 0.6 is 0 Å². The minimum atomic E-state index is -0.585. The van der Waals surface area contributed by atoms with E-state index < -0.39 is 11.0 Å². The van der Waals surface area contributed by atoms with Crippen molar-refractivity contribution in [1.82, 2.24) is 20.2 Å². The molecule has 2 N–H and O–H groups in total. The number of amides is 2. The molecule has 0 bridgehead atoms. The molecule has 1 aliphatic heterocycles. The van der Waals surface area contributed by atoms with Gasteiger partial charge in [-0.2, -0.15) is 0 Å². The first-order chi connectivity index (χ1) is 17.0. The van der Waals surface area contributed by atoms with Crippen molar-refractivity contribution in [2.45, 2.75) is 12.8 Å². The molecule has 1 fully saturated rings. The van der Waals surface area contributed by atoms with Crippen molar-refractivity contribution in [1.29, 1.82) is 0 Å². The molecule has 1 aromatic heterocycles. The van der Waals surface area contributed by atoms with E-state index in [0.29, 0.717) is 28.9 Å². The van der Waals surface area contributed by atoms with E-state index in [2.05, 4.69) is 25.5 Å². The number of benzene rings is 2. The van der Waals surface area contributed by atoms with Crippen molar-refractivity contribution in [3.63, 3.8) is 0 Å². The zero-order valence-corrected chi connectivity index (χ0v) is 19.4. The highest BCUT2D eigenvalue weighted by Crippen LogP contribution is 2.37. The number of nitrogens with one attached hydrogen (secondary N) is 2. The highest BCUT2D eigenvalue weighted by molar-refractivity contribution is 5.92. The van der Waals surface area contributed by atoms with E-state index >= 15 is 0 Å². The fourth-order valence-electron chi connectivity index (χ4n) is 3.88. The van der Waals surface area contributed by atoms with Crippen LogP contribution in [0.3, 0.4) is 0 Å². The average molecular weight is 482 g/mol. The summed E-state index contributed by atoms with van der Waals surface area (Å²) in [4.78, 5) is 34.0. The largest absolute Gasteiger partial charge is 0.493 e. The summed E-state index contributed by atoms with van der Waals surface area (Å²) >= 11 is 0. The topological polar surface area (TPSA) is 141 Å². The van der Waals surface area contributed by atoms with E-state index in [1.165, 1.54) is 51.6 Å². The van der Waals surface area contributed by atoms with Gasteiger partial charge in [-0.1, -0.05) is 0 Å². The van der Waals surface area contributed by atoms with E-state index in [-0.39, 0.29) is 23.0 Å². The third kappa shape index (κ3) is 5.66. The Balaban J connectivity index is 1.50. The van der Waals surface area contributed by atoms with Crippen LogP contribution in [0.15, 0.2) is 36.7 Å². The fraction of sp³-hybridized carbons (Fsp3) is 0.348. The first-order valence-corrected chi connectivity index (χ1v) is 11.1. The zero-order chi connectivity index (χ0) is 24.8. The number of hydrogen-bond acceptors (Lipinski definition) is 9. The Bertz CT molecular complexity index is 1230. The summed E-state index contributed by atoms with van der Waals surface area (Å²) in [6.07, 6.45) is 3.65. The van der Waals surface area contributed by atoms with Gasteiger partial charge in [0.25, 0.3) is 5.69 Å². The van der Waals surface area contributed by atoms with Gasteiger partial charge in [0.1, 0.15) is 17.8 Å². The van der Waals surface area contributed by atoms with Crippen molar-refractivity contribution in [3.05, 3.63) is 46.8 Å². The Kier molecular flexibility index (Phi) is 7.41. The Morgan fingerprint density at radius 1 is 1.11 bits per heavy atom. The van der Waals surface area contributed by atoms with Crippen LogP contribution in [0.5, 0.6) is 23.1 Å². The molecule has 0 saturated carbocycles. The number of rotatable bonds is 9. The molecule has 0 unspecified atom stereocenters. The maximum Gasteiger partial charge on any atom is 0.319 e. The number of carbonyl (C=O) groups is 1. The van der Waals surface area contributed by atoms with Gasteiger partial charge >= 0.3 is 6.03 Å². The molecule has 1 saturated heterocycles. The summed E-state index contributed by atoms with van der Waals surface area (Å²) in [5.74, 6) is 1.31. The molecule has 0 spiro atoms. The molecular weight excluding hydrogens is 456 g/mol. The smallest absolute Gasteiger partial charge is 0.319 e. The van der Waals surface area contributed by atoms with Gasteiger partial charge in [0.05, 0.1) is 36.1 Å². The monoisotopic (exact) mass is 482 g/mol. The summed E-state index contributed by atoms with van der Waals surface area (Å²) in [5.41, 5.74) is 0.292. The minimum Gasteiger partial charge on any atom is -0.493 e. The van der Waals surface area contributed by atoms with E-state index in [0.717, 1.165) is 19.6 Å². The van der Waals surface area contributed by atoms with E-state index in [4.69, 9.17) is 14.2 Å². The Morgan fingerprint density at radius 2 is 1.86 bits per heavy atom. The van der Waals surface area contributed by atoms with Gasteiger partial charge in [0.15, 0.2) is 11.5 Å². The van der Waals surface area contributed by atoms with Crippen LogP contribution in [0.1, 0.15) is 12.8 Å². The number of anilines is 1. The number of ether oxygens (including phenoxy) is 3. The first-order valence-electron chi connectivity index (χ1n) is 11.1. The predicted molar refractivity (Wildman–Crippen MR) is 129 cm³/mol. The number of likely N-dealkylation sites (tertiary alicyclic amines) is 1. The summed E-state index contributed by atoms with van der Waals surface area (Å²) in [5, 5.41) is 17.5. The van der Waals surface area contributed by atoms with Crippen LogP contribution in [-0.4, -0.2) is 66.2 Å². The number of fused-ring (bicyclic) bond motifs is 1. The summed E-state index contributed by atoms with van der Waals surface area (Å²) in [7, 11) is 3.02. The highest BCUT2D eigenvalue weighted by Gasteiger charge is 2.19. The number of nitro groups is 1. The molecule has 0 aliphatic carbocycles. The van der Waals surface area contributed by atoms with Gasteiger partial charge in [-0.25, -0.2) is 14.8 Å². The number of carbonyl (C=O) groups excluding carboxylic acids is 1. The third-order valence-electron chi connectivity index (χ3n) is 5.64. The van der Waals surface area contributed by atoms with Crippen LogP contribution in [0.25, 0.3) is 10.9 Å². The number of aromatic nitrogens is 2. The molecule has 2 amide bonds. The number of urea groups is 1. The average Bonchev–Trinajstić information content (AvgIpc) is 3.37. The molecule has 4 rings (SSSR count). The van der Waals surface area contributed by atoms with Gasteiger partial charge in [0.2, 0.25) is 5.88 Å². The second-order valence-electron chi connectivity index (χ2n) is 7.87. The van der Waals surface area contributed by atoms with E-state index in [1.807, 2.05) is 0 Å². The molecule has 0 atom stereocenters. The van der Waals surface area contributed by atoms with Crippen LogP contribution in [0.4, 0.5) is 16.2 Å². The molecule has 35 heavy (non-hydrogen) atoms. The summed E-state index contributed by atoms with van der Waals surface area (Å²) in [6, 6.07) is 7.00. The molecule has 12 nitrogen and oxygen atoms in total. The molecule has 0 radical (unpaired) electrons. The van der Waals surface area contributed by atoms with Crippen LogP contribution < -0.4 is 24.8 Å². The molecular formula is C23H26N6O6. The van der Waals surface area contributed by atoms with Gasteiger partial charge in [0, 0.05) is 19.2 Å². The van der Waals surface area contributed by atoms with Crippen LogP contribution in [0, 0.1) is 10.1 Å². The van der Waals surface area contributed by atoms with Crippen LogP contribution in [-0.2, 0) is 0 Å². The van der Waals surface area contributed by atoms with Gasteiger partial charge in [-0.05, 0) is 44.1 Å². The second kappa shape index (κ2) is 10.8. The van der Waals surface area contributed by atoms with Crippen molar-refractivity contribution in [3.8, 4) is 23.1 Å². The lowest BCUT2D eigenvalue weighted by molar-refractivity contribution is -0.384. The van der Waals surface area contributed by atoms with E-state index in [1.54, 1.807) is 12.1 Å². The number of hydrogen-bond donors (Lipinski definition) is 2. The first kappa shape index (κ1) is 24.0. The quantitative estimate of drug-likeness (QED) is 0.346. The zero-order valence-electron chi connectivity index (χ0n) is 19.4. The molecule has 2 aromatic carbocycles. The third-order valence-corrected chi connectivity index (χ3v) is 5.64. The van der Waals surface area contributed by atoms with Crippen molar-refractivity contribution in [2.24, 2.45) is 0 Å². The highest BCUT2D eigenvalue weighted by atomic mass is 16.6. The Hall–Kier alpha value is -4.19. The molecule has 3 aromatic rings. The van der Waals surface area contributed by atoms with Gasteiger partial charge < -0.3 is 29.7 Å². The fourth-order valence-corrected chi connectivity index (χ4v) is 3.88. The minimum absolute atomic E-state index is 0.0555. The molecule has 184 valence electrons. The van der Waals surface area contributed by atoms with Crippen LogP contribution in [0.2, 0.25) is 0 Å². The number of methoxy groups -OCH3 is 2. The summed E-state index contributed by atoms with van der Waals surface area (Å²) < 4.78 is 16.5. The van der Waals surface area contributed by atoms with E-state index in [9.17, 15) is 14.9 Å². The maximum atomic E-state index is 12.3. The second-order valence-corrected chi connectivity index (χ2v) is 7.87. The molecule has 2 heterocycles. The molecule has 1 aliphatic rings. The van der Waals surface area contributed by atoms with Crippen molar-refractivity contribution >= 4 is 28.3 Å². The standard InChI is InChI=1S/C23H26N6O6/c1-33-20-12-16-18(13-21(20)34-2)25-14-26-22(16)35-15-5-6-17(19(11-15)29(31)32)27-23(30)24-7-10-28-8-3-4-9-28/h5-6,11-14H,3-4,7-10H2,1-2H3,(H2,24,27,30). The Morgan fingerprint density at radius 3 is 2.57 bits per heavy atom. The lowest BCUT2D eigenvalue weighted by atomic mass is 10.2. The van der Waals surface area contributed by atoms with Crippen molar-refractivity contribution in [2.75, 3.05) is 45.7 Å². The van der Waals surface area contributed by atoms with Crippen molar-refractivity contribution < 1.29 is 23.9 Å². The van der Waals surface area contributed by atoms with Gasteiger partial charge in [-0.15, -0.1) is 0 Å². The lowest BCUT2D eigenvalue weighted by Gasteiger charge is -2.15.